The van der Waals surface area contributed by atoms with Gasteiger partial charge in [0.2, 0.25) is 11.8 Å². The van der Waals surface area contributed by atoms with Gasteiger partial charge in [-0.2, -0.15) is 0 Å². The molecule has 2 N–H and O–H groups in total. The lowest BCUT2D eigenvalue weighted by Crippen LogP contribution is -2.46. The third-order valence-electron chi connectivity index (χ3n) is 9.31. The molecule has 2 amide bonds. The highest BCUT2D eigenvalue weighted by molar-refractivity contribution is 14.1. The Balaban J connectivity index is 1.34. The van der Waals surface area contributed by atoms with Gasteiger partial charge in [0.1, 0.15) is 0 Å². The number of fused-ring (bicyclic) bond motifs is 3. The molecule has 2 fully saturated rings. The number of hydrogen-bond acceptors (Lipinski definition) is 6. The molecule has 0 aromatic heterocycles. The van der Waals surface area contributed by atoms with Crippen molar-refractivity contribution in [1.29, 1.82) is 0 Å². The molecule has 2 saturated heterocycles. The molecule has 232 valence electrons. The van der Waals surface area contributed by atoms with Gasteiger partial charge in [0.15, 0.2) is 11.5 Å². The minimum Gasteiger partial charge on any atom is -0.504 e. The largest absolute Gasteiger partial charge is 0.504 e. The first-order valence-corrected chi connectivity index (χ1v) is 16.7. The van der Waals surface area contributed by atoms with E-state index in [2.05, 4.69) is 47.7 Å². The number of hydrogen-bond donors (Lipinski definition) is 2. The smallest absolute Gasteiger partial charge is 0.455 e. The standard InChI is InChI=1S/C36H37BINO6/c1-3-10-25-20-27-33(36(42)39(35(27)41)26-13-8-5-9-14-26)28-21-37(43)45-30(32(25)28)16-15-24(23-11-6-4-7-12-23)17-22-18-29(38)34(40)31(19-22)44-2/h4-9,11-14,17-19,27-28,30,33,40,43H,3,10,15-16,20-21H2,1-2H3/b24-17-/t27-,28+,30-,33-/m1/s1. The fourth-order valence-corrected chi connectivity index (χ4v) is 8.03. The maximum atomic E-state index is 14.0. The van der Waals surface area contributed by atoms with E-state index in [1.54, 1.807) is 12.1 Å². The molecule has 0 radical (unpaired) electrons. The van der Waals surface area contributed by atoms with Crippen LogP contribution < -0.4 is 9.64 Å². The molecule has 3 aromatic rings. The first-order chi connectivity index (χ1) is 21.8. The monoisotopic (exact) mass is 717 g/mol. The first-order valence-electron chi connectivity index (χ1n) is 15.6. The first kappa shape index (κ1) is 31.6. The molecule has 1 aliphatic carbocycles. The second-order valence-electron chi connectivity index (χ2n) is 12.0. The Kier molecular flexibility index (Phi) is 9.49. The highest BCUT2D eigenvalue weighted by Gasteiger charge is 2.57. The van der Waals surface area contributed by atoms with E-state index < -0.39 is 19.0 Å². The summed E-state index contributed by atoms with van der Waals surface area (Å²) in [6.45, 7) is 2.13. The normalized spacial score (nSPS) is 23.3. The lowest BCUT2D eigenvalue weighted by molar-refractivity contribution is -0.122. The average molecular weight is 717 g/mol. The van der Waals surface area contributed by atoms with Crippen LogP contribution in [0.3, 0.4) is 0 Å². The lowest BCUT2D eigenvalue weighted by Gasteiger charge is -2.43. The summed E-state index contributed by atoms with van der Waals surface area (Å²) < 4.78 is 12.4. The zero-order valence-corrected chi connectivity index (χ0v) is 27.6. The number of phenolic OH excluding ortho intramolecular Hbond substituents is 1. The highest BCUT2D eigenvalue weighted by Crippen LogP contribution is 2.52. The van der Waals surface area contributed by atoms with E-state index in [4.69, 9.17) is 9.39 Å². The molecule has 7 nitrogen and oxygen atoms in total. The van der Waals surface area contributed by atoms with E-state index in [-0.39, 0.29) is 29.6 Å². The summed E-state index contributed by atoms with van der Waals surface area (Å²) >= 11 is 2.10. The molecule has 2 heterocycles. The van der Waals surface area contributed by atoms with Gasteiger partial charge in [-0.15, -0.1) is 0 Å². The molecule has 9 heteroatoms. The van der Waals surface area contributed by atoms with Crippen molar-refractivity contribution >= 4 is 58.9 Å². The second-order valence-corrected chi connectivity index (χ2v) is 13.2. The van der Waals surface area contributed by atoms with Crippen molar-refractivity contribution in [3.63, 3.8) is 0 Å². The van der Waals surface area contributed by atoms with Crippen LogP contribution in [0.1, 0.15) is 50.2 Å². The zero-order valence-electron chi connectivity index (χ0n) is 25.5. The number of allylic oxidation sites excluding steroid dienone is 2. The van der Waals surface area contributed by atoms with Gasteiger partial charge in [0, 0.05) is 0 Å². The van der Waals surface area contributed by atoms with E-state index in [0.717, 1.165) is 35.1 Å². The molecule has 0 spiro atoms. The number of aromatic hydroxyl groups is 1. The van der Waals surface area contributed by atoms with Crippen molar-refractivity contribution in [2.75, 3.05) is 12.0 Å². The third kappa shape index (κ3) is 6.22. The lowest BCUT2D eigenvalue weighted by atomic mass is 9.58. The van der Waals surface area contributed by atoms with Crippen molar-refractivity contribution in [2.24, 2.45) is 17.8 Å². The second kappa shape index (κ2) is 13.5. The van der Waals surface area contributed by atoms with E-state index >= 15 is 0 Å². The predicted molar refractivity (Wildman–Crippen MR) is 185 cm³/mol. The van der Waals surface area contributed by atoms with Gasteiger partial charge >= 0.3 is 7.12 Å². The highest BCUT2D eigenvalue weighted by atomic mass is 127. The predicted octanol–water partition coefficient (Wildman–Crippen LogP) is 7.13. The molecule has 0 bridgehead atoms. The van der Waals surface area contributed by atoms with Gasteiger partial charge in [0.05, 0.1) is 34.3 Å². The quantitative estimate of drug-likeness (QED) is 0.0805. The van der Waals surface area contributed by atoms with Crippen molar-refractivity contribution < 1.29 is 29.1 Å². The van der Waals surface area contributed by atoms with Crippen LogP contribution in [0.25, 0.3) is 11.6 Å². The molecule has 2 aliphatic heterocycles. The average Bonchev–Trinajstić information content (AvgIpc) is 3.30. The summed E-state index contributed by atoms with van der Waals surface area (Å²) in [6, 6.07) is 23.0. The molecular formula is C36H37BINO6. The number of rotatable bonds is 9. The van der Waals surface area contributed by atoms with Crippen LogP contribution in [0.15, 0.2) is 83.9 Å². The van der Waals surface area contributed by atoms with Gasteiger partial charge in [-0.05, 0) is 107 Å². The van der Waals surface area contributed by atoms with E-state index in [9.17, 15) is 19.7 Å². The van der Waals surface area contributed by atoms with Crippen LogP contribution >= 0.6 is 22.6 Å². The van der Waals surface area contributed by atoms with Crippen LogP contribution in [0.4, 0.5) is 5.69 Å². The molecule has 0 saturated carbocycles. The molecule has 4 atom stereocenters. The molecule has 3 aromatic carbocycles. The zero-order chi connectivity index (χ0) is 31.7. The van der Waals surface area contributed by atoms with Gasteiger partial charge in [0.25, 0.3) is 0 Å². The molecule has 6 rings (SSSR count). The van der Waals surface area contributed by atoms with Crippen LogP contribution in [0.5, 0.6) is 11.5 Å². The fraction of sp³-hybridized carbons (Fsp3) is 0.333. The molecule has 3 aliphatic rings. The Morgan fingerprint density at radius 2 is 1.78 bits per heavy atom. The summed E-state index contributed by atoms with van der Waals surface area (Å²) in [4.78, 5) is 29.1. The maximum absolute atomic E-state index is 14.0. The Morgan fingerprint density at radius 3 is 2.47 bits per heavy atom. The van der Waals surface area contributed by atoms with Gasteiger partial charge < -0.3 is 19.5 Å². The fourth-order valence-electron chi connectivity index (χ4n) is 7.41. The van der Waals surface area contributed by atoms with Gasteiger partial charge in [-0.3, -0.25) is 14.5 Å². The van der Waals surface area contributed by atoms with E-state index in [0.29, 0.717) is 40.6 Å². The Hall–Kier alpha value is -3.41. The number of para-hydroxylation sites is 1. The van der Waals surface area contributed by atoms with Crippen molar-refractivity contribution in [2.45, 2.75) is 51.5 Å². The number of ether oxygens (including phenoxy) is 1. The van der Waals surface area contributed by atoms with Crippen LogP contribution in [-0.4, -0.2) is 42.3 Å². The number of benzene rings is 3. The molecule has 0 unspecified atom stereocenters. The maximum Gasteiger partial charge on any atom is 0.455 e. The molecular weight excluding hydrogens is 680 g/mol. The number of nitrogens with zero attached hydrogens (tertiary/aromatic N) is 1. The van der Waals surface area contributed by atoms with Crippen LogP contribution in [0.2, 0.25) is 6.32 Å². The summed E-state index contributed by atoms with van der Waals surface area (Å²) in [7, 11) is 0.517. The summed E-state index contributed by atoms with van der Waals surface area (Å²) in [5.41, 5.74) is 5.94. The Morgan fingerprint density at radius 1 is 1.07 bits per heavy atom. The molecule has 45 heavy (non-hydrogen) atoms. The Bertz CT molecular complexity index is 1640. The number of halogens is 1. The Labute approximate surface area is 278 Å². The summed E-state index contributed by atoms with van der Waals surface area (Å²) in [5.74, 6) is -0.984. The SMILES string of the molecule is CCCC1=C2[C@@H](CC/C(=C/c3cc(I)c(O)c(OC)c3)c3ccccc3)OB(O)C[C@@H]2[C@@H]2C(=O)N(c3ccccc3)C(=O)[C@@H]2C1. The number of phenols is 1. The number of carbonyl (C=O) groups is 2. The number of amides is 2. The van der Waals surface area contributed by atoms with Crippen molar-refractivity contribution in [3.8, 4) is 11.5 Å². The van der Waals surface area contributed by atoms with E-state index in [1.165, 1.54) is 17.6 Å². The van der Waals surface area contributed by atoms with Crippen LogP contribution in [0, 0.1) is 21.3 Å². The summed E-state index contributed by atoms with van der Waals surface area (Å²) in [6.07, 6.45) is 5.56. The van der Waals surface area contributed by atoms with Crippen LogP contribution in [-0.2, 0) is 14.2 Å². The van der Waals surface area contributed by atoms with Gasteiger partial charge in [-0.1, -0.05) is 73.5 Å². The number of imide groups is 1. The topological polar surface area (TPSA) is 96.3 Å². The summed E-state index contributed by atoms with van der Waals surface area (Å²) in [5, 5.41) is 21.4. The van der Waals surface area contributed by atoms with E-state index in [1.807, 2.05) is 48.5 Å². The number of carbonyl (C=O) groups excluding carboxylic acids is 2. The third-order valence-corrected chi connectivity index (χ3v) is 10.1. The minimum absolute atomic E-state index is 0.115. The number of anilines is 1. The number of methoxy groups -OCH3 is 1. The minimum atomic E-state index is -1.02. The van der Waals surface area contributed by atoms with Gasteiger partial charge in [-0.25, -0.2) is 0 Å². The van der Waals surface area contributed by atoms with Crippen molar-refractivity contribution in [3.05, 3.63) is 98.6 Å². The van der Waals surface area contributed by atoms with Crippen molar-refractivity contribution in [1.82, 2.24) is 0 Å².